The first-order valence-corrected chi connectivity index (χ1v) is 24.1. The number of esters is 2. The summed E-state index contributed by atoms with van der Waals surface area (Å²) in [5.41, 5.74) is 5.38. The minimum atomic E-state index is -4.40. The largest absolute Gasteiger partial charge is 0.472 e. The Balaban J connectivity index is 4.65. The zero-order valence-corrected chi connectivity index (χ0v) is 38.4. The molecular formula is C45H90NO8P. The van der Waals surface area contributed by atoms with Crippen molar-refractivity contribution < 1.29 is 37.6 Å². The number of rotatable bonds is 37. The van der Waals surface area contributed by atoms with E-state index in [0.717, 1.165) is 62.2 Å². The minimum Gasteiger partial charge on any atom is -0.462 e. The molecule has 0 heterocycles. The van der Waals surface area contributed by atoms with Gasteiger partial charge in [-0.05, 0) is 47.3 Å². The van der Waals surface area contributed by atoms with Crippen molar-refractivity contribution in [2.24, 2.45) is 53.1 Å². The van der Waals surface area contributed by atoms with Crippen LogP contribution in [-0.2, 0) is 32.7 Å². The Morgan fingerprint density at radius 3 is 1.22 bits per heavy atom. The van der Waals surface area contributed by atoms with Gasteiger partial charge in [0.25, 0.3) is 0 Å². The van der Waals surface area contributed by atoms with Crippen molar-refractivity contribution in [1.29, 1.82) is 0 Å². The van der Waals surface area contributed by atoms with Crippen molar-refractivity contribution in [2.45, 2.75) is 204 Å². The van der Waals surface area contributed by atoms with E-state index in [1.807, 2.05) is 6.92 Å². The number of carbonyl (C=O) groups is 2. The molecule has 0 bridgehead atoms. The molecule has 0 radical (unpaired) electrons. The van der Waals surface area contributed by atoms with Crippen LogP contribution in [0.5, 0.6) is 0 Å². The Bertz CT molecular complexity index is 994. The third kappa shape index (κ3) is 34.7. The topological polar surface area (TPSA) is 134 Å². The molecule has 0 amide bonds. The average Bonchev–Trinajstić information content (AvgIpc) is 3.08. The Kier molecular flexibility index (Phi) is 32.3. The van der Waals surface area contributed by atoms with Crippen molar-refractivity contribution in [3.63, 3.8) is 0 Å². The van der Waals surface area contributed by atoms with Gasteiger partial charge in [0.2, 0.25) is 0 Å². The first-order valence-electron chi connectivity index (χ1n) is 22.6. The lowest BCUT2D eigenvalue weighted by Gasteiger charge is -2.21. The molecule has 7 unspecified atom stereocenters. The van der Waals surface area contributed by atoms with Gasteiger partial charge in [0.05, 0.1) is 13.2 Å². The second kappa shape index (κ2) is 32.9. The summed E-state index contributed by atoms with van der Waals surface area (Å²) in [5, 5.41) is 0. The van der Waals surface area contributed by atoms with E-state index in [9.17, 15) is 19.0 Å². The van der Waals surface area contributed by atoms with Gasteiger partial charge in [0.15, 0.2) is 6.10 Å². The molecule has 10 heteroatoms. The van der Waals surface area contributed by atoms with Gasteiger partial charge >= 0.3 is 19.8 Å². The van der Waals surface area contributed by atoms with Crippen molar-refractivity contribution in [3.05, 3.63) is 0 Å². The molecule has 3 N–H and O–H groups in total. The van der Waals surface area contributed by atoms with E-state index in [2.05, 4.69) is 62.3 Å². The molecule has 0 saturated heterocycles. The molecule has 55 heavy (non-hydrogen) atoms. The lowest BCUT2D eigenvalue weighted by atomic mass is 9.91. The van der Waals surface area contributed by atoms with E-state index in [1.165, 1.54) is 77.0 Å². The Hall–Kier alpha value is -0.990. The van der Waals surface area contributed by atoms with Crippen LogP contribution in [0.4, 0.5) is 0 Å². The summed E-state index contributed by atoms with van der Waals surface area (Å²) in [4.78, 5) is 35.7. The fraction of sp³-hybridized carbons (Fsp3) is 0.956. The molecule has 0 aromatic rings. The summed E-state index contributed by atoms with van der Waals surface area (Å²) in [6, 6.07) is 0. The van der Waals surface area contributed by atoms with E-state index >= 15 is 0 Å². The van der Waals surface area contributed by atoms with Crippen LogP contribution in [-0.4, -0.2) is 49.3 Å². The van der Waals surface area contributed by atoms with Gasteiger partial charge in [0.1, 0.15) is 6.61 Å². The predicted molar refractivity (Wildman–Crippen MR) is 229 cm³/mol. The van der Waals surface area contributed by atoms with E-state index in [4.69, 9.17) is 24.3 Å². The fourth-order valence-corrected chi connectivity index (χ4v) is 8.10. The molecule has 0 aliphatic carbocycles. The molecular weight excluding hydrogens is 713 g/mol. The number of carbonyl (C=O) groups excluding carboxylic acids is 2. The highest BCUT2D eigenvalue weighted by Crippen LogP contribution is 2.43. The van der Waals surface area contributed by atoms with E-state index in [0.29, 0.717) is 11.8 Å². The molecule has 0 saturated carbocycles. The summed E-state index contributed by atoms with van der Waals surface area (Å²) in [5.74, 6) is 3.95. The molecule has 0 aromatic heterocycles. The summed E-state index contributed by atoms with van der Waals surface area (Å²) in [6.07, 6.45) is 21.3. The normalized spacial score (nSPS) is 17.0. The number of phosphoric acid groups is 1. The molecule has 0 aliphatic rings. The monoisotopic (exact) mass is 804 g/mol. The smallest absolute Gasteiger partial charge is 0.462 e. The third-order valence-electron chi connectivity index (χ3n) is 11.1. The number of hydrogen-bond donors (Lipinski definition) is 2. The van der Waals surface area contributed by atoms with Crippen molar-refractivity contribution in [3.8, 4) is 0 Å². The second-order valence-corrected chi connectivity index (χ2v) is 20.0. The highest BCUT2D eigenvalue weighted by molar-refractivity contribution is 7.47. The van der Waals surface area contributed by atoms with Gasteiger partial charge in [-0.15, -0.1) is 0 Å². The van der Waals surface area contributed by atoms with Crippen LogP contribution in [0.25, 0.3) is 0 Å². The highest BCUT2D eigenvalue weighted by atomic mass is 31.2. The van der Waals surface area contributed by atoms with Gasteiger partial charge in [-0.1, -0.05) is 185 Å². The number of ether oxygens (including phenoxy) is 2. The Morgan fingerprint density at radius 2 is 0.855 bits per heavy atom. The molecule has 8 atom stereocenters. The van der Waals surface area contributed by atoms with Gasteiger partial charge in [-0.3, -0.25) is 18.6 Å². The lowest BCUT2D eigenvalue weighted by molar-refractivity contribution is -0.162. The Morgan fingerprint density at radius 1 is 0.509 bits per heavy atom. The van der Waals surface area contributed by atoms with Crippen molar-refractivity contribution in [2.75, 3.05) is 26.4 Å². The van der Waals surface area contributed by atoms with Crippen LogP contribution in [0.3, 0.4) is 0 Å². The van der Waals surface area contributed by atoms with E-state index in [1.54, 1.807) is 0 Å². The average molecular weight is 804 g/mol. The Labute approximate surface area is 339 Å². The number of hydrogen-bond acceptors (Lipinski definition) is 8. The molecule has 0 aliphatic heterocycles. The summed E-state index contributed by atoms with van der Waals surface area (Å²) in [7, 11) is -4.40. The standard InChI is InChI=1S/C45H90NO8P/c1-35(2)17-11-19-37(5)21-13-23-39(7)25-15-27-41(9)31-44(47)51-33-43(34-53-55(49,50)52-30-29-46)54-45(48)32-42(10)28-16-26-40(8)24-14-22-38(6)20-12-18-36(3)4/h35-43H,11-34,46H2,1-10H3,(H,49,50)/t37?,38?,39?,40?,41?,42?,43-/m0/s1. The number of nitrogens with two attached hydrogens (primary N) is 1. The zero-order chi connectivity index (χ0) is 41.6. The first kappa shape index (κ1) is 54.0. The van der Waals surface area contributed by atoms with Crippen LogP contribution in [0.2, 0.25) is 0 Å². The molecule has 328 valence electrons. The van der Waals surface area contributed by atoms with Crippen LogP contribution in [0.1, 0.15) is 198 Å². The molecule has 0 spiro atoms. The maximum Gasteiger partial charge on any atom is 0.472 e. The minimum absolute atomic E-state index is 0.0490. The predicted octanol–water partition coefficient (Wildman–Crippen LogP) is 12.5. The lowest BCUT2D eigenvalue weighted by Crippen LogP contribution is -2.30. The quantitative estimate of drug-likeness (QED) is 0.0465. The third-order valence-corrected chi connectivity index (χ3v) is 12.1. The molecule has 9 nitrogen and oxygen atoms in total. The second-order valence-electron chi connectivity index (χ2n) is 18.6. The maximum atomic E-state index is 12.9. The molecule has 0 aromatic carbocycles. The van der Waals surface area contributed by atoms with Crippen molar-refractivity contribution in [1.82, 2.24) is 0 Å². The summed E-state index contributed by atoms with van der Waals surface area (Å²) < 4.78 is 33.3. The van der Waals surface area contributed by atoms with E-state index in [-0.39, 0.29) is 50.4 Å². The van der Waals surface area contributed by atoms with Crippen LogP contribution in [0, 0.1) is 47.3 Å². The number of phosphoric ester groups is 1. The summed E-state index contributed by atoms with van der Waals surface area (Å²) >= 11 is 0. The molecule has 0 rings (SSSR count). The highest BCUT2D eigenvalue weighted by Gasteiger charge is 2.27. The zero-order valence-electron chi connectivity index (χ0n) is 37.5. The van der Waals surface area contributed by atoms with Gasteiger partial charge in [0, 0.05) is 19.4 Å². The van der Waals surface area contributed by atoms with Crippen LogP contribution >= 0.6 is 7.82 Å². The fourth-order valence-electron chi connectivity index (χ4n) is 7.34. The SMILES string of the molecule is CC(C)CCCC(C)CCCC(C)CCCC(C)CC(=O)OC[C@@H](COP(=O)(O)OCCN)OC(=O)CC(C)CCCC(C)CCCC(C)CCCC(C)C. The van der Waals surface area contributed by atoms with Crippen molar-refractivity contribution >= 4 is 19.8 Å². The molecule has 0 fully saturated rings. The van der Waals surface area contributed by atoms with Gasteiger partial charge < -0.3 is 20.1 Å². The van der Waals surface area contributed by atoms with E-state index < -0.39 is 26.5 Å². The van der Waals surface area contributed by atoms with Crippen LogP contribution in [0.15, 0.2) is 0 Å². The van der Waals surface area contributed by atoms with Gasteiger partial charge in [-0.25, -0.2) is 4.57 Å². The first-order chi connectivity index (χ1) is 25.9. The summed E-state index contributed by atoms with van der Waals surface area (Å²) in [6.45, 7) is 21.9. The maximum absolute atomic E-state index is 12.9. The van der Waals surface area contributed by atoms with Crippen LogP contribution < -0.4 is 5.73 Å². The van der Waals surface area contributed by atoms with Gasteiger partial charge in [-0.2, -0.15) is 0 Å².